The van der Waals surface area contributed by atoms with Crippen LogP contribution in [0.25, 0.3) is 0 Å². The summed E-state index contributed by atoms with van der Waals surface area (Å²) in [5.41, 5.74) is 11.0. The lowest BCUT2D eigenvalue weighted by atomic mass is 9.93. The molecular weight excluding hydrogens is 184 g/mol. The Kier molecular flexibility index (Phi) is 1.82. The summed E-state index contributed by atoms with van der Waals surface area (Å²) in [4.78, 5) is 0. The summed E-state index contributed by atoms with van der Waals surface area (Å²) in [6.07, 6.45) is 6.32. The number of aryl methyl sites for hydroxylation is 1. The van der Waals surface area contributed by atoms with Crippen LogP contribution in [-0.4, -0.2) is 4.57 Å². The zero-order chi connectivity index (χ0) is 10.6. The number of nitrogens with two attached hydrogens (primary N) is 1. The van der Waals surface area contributed by atoms with Crippen LogP contribution >= 0.6 is 0 Å². The summed E-state index contributed by atoms with van der Waals surface area (Å²) < 4.78 is 2.57. The zero-order valence-electron chi connectivity index (χ0n) is 9.71. The molecule has 0 aliphatic heterocycles. The van der Waals surface area contributed by atoms with Crippen molar-refractivity contribution in [3.8, 4) is 0 Å². The minimum Gasteiger partial charge on any atom is -0.343 e. The molecule has 0 aromatic carbocycles. The van der Waals surface area contributed by atoms with Gasteiger partial charge in [0.05, 0.1) is 0 Å². The first kappa shape index (κ1) is 9.46. The predicted molar refractivity (Wildman–Crippen MR) is 61.9 cm³/mol. The average molecular weight is 204 g/mol. The highest BCUT2D eigenvalue weighted by Gasteiger charge is 2.42. The van der Waals surface area contributed by atoms with E-state index in [1.54, 1.807) is 0 Å². The summed E-state index contributed by atoms with van der Waals surface area (Å²) in [5.74, 6) is 0. The molecular formula is C13H20N2. The Bertz CT molecular complexity index is 399. The second-order valence-electron chi connectivity index (χ2n) is 5.52. The van der Waals surface area contributed by atoms with Gasteiger partial charge >= 0.3 is 0 Å². The van der Waals surface area contributed by atoms with Crippen molar-refractivity contribution in [3.05, 3.63) is 23.0 Å². The van der Waals surface area contributed by atoms with Gasteiger partial charge in [0.25, 0.3) is 0 Å². The molecule has 1 fully saturated rings. The third kappa shape index (κ3) is 1.27. The summed E-state index contributed by atoms with van der Waals surface area (Å²) in [6.45, 7) is 4.61. The zero-order valence-corrected chi connectivity index (χ0v) is 9.71. The third-order valence-electron chi connectivity index (χ3n) is 4.16. The highest BCUT2D eigenvalue weighted by Crippen LogP contribution is 2.47. The highest BCUT2D eigenvalue weighted by atomic mass is 15.1. The molecule has 1 aromatic rings. The van der Waals surface area contributed by atoms with Crippen LogP contribution in [-0.2, 0) is 12.0 Å². The van der Waals surface area contributed by atoms with Crippen molar-refractivity contribution in [1.29, 1.82) is 0 Å². The van der Waals surface area contributed by atoms with Gasteiger partial charge in [-0.1, -0.05) is 0 Å². The Hall–Kier alpha value is -0.760. The van der Waals surface area contributed by atoms with E-state index >= 15 is 0 Å². The molecule has 82 valence electrons. The Morgan fingerprint density at radius 2 is 2.20 bits per heavy atom. The highest BCUT2D eigenvalue weighted by molar-refractivity contribution is 5.35. The van der Waals surface area contributed by atoms with Gasteiger partial charge in [0, 0.05) is 23.0 Å². The summed E-state index contributed by atoms with van der Waals surface area (Å²) in [5, 5.41) is 0. The Labute approximate surface area is 91.5 Å². The lowest BCUT2D eigenvalue weighted by Crippen LogP contribution is -2.22. The van der Waals surface area contributed by atoms with Crippen LogP contribution < -0.4 is 5.73 Å². The first-order valence-electron chi connectivity index (χ1n) is 6.09. The minimum atomic E-state index is 0.288. The molecule has 2 aliphatic rings. The van der Waals surface area contributed by atoms with Crippen LogP contribution in [0.4, 0.5) is 0 Å². The maximum Gasteiger partial charge on any atom is 0.0418 e. The average Bonchev–Trinajstić information content (AvgIpc) is 2.80. The van der Waals surface area contributed by atoms with E-state index in [4.69, 9.17) is 5.73 Å². The second kappa shape index (κ2) is 2.88. The Balaban J connectivity index is 2.14. The van der Waals surface area contributed by atoms with Crippen LogP contribution in [0.3, 0.4) is 0 Å². The molecule has 2 heteroatoms. The van der Waals surface area contributed by atoms with Crippen molar-refractivity contribution in [3.63, 3.8) is 0 Å². The van der Waals surface area contributed by atoms with E-state index in [1.807, 2.05) is 0 Å². The Morgan fingerprint density at radius 1 is 1.47 bits per heavy atom. The molecule has 0 amide bonds. The molecule has 0 radical (unpaired) electrons. The number of fused-ring (bicyclic) bond motifs is 1. The van der Waals surface area contributed by atoms with Crippen LogP contribution in [0.5, 0.6) is 0 Å². The summed E-state index contributed by atoms with van der Waals surface area (Å²) in [6, 6.07) is 2.61. The van der Waals surface area contributed by atoms with Crippen LogP contribution in [0.15, 0.2) is 6.07 Å². The topological polar surface area (TPSA) is 30.9 Å². The van der Waals surface area contributed by atoms with Crippen molar-refractivity contribution in [2.45, 2.75) is 57.5 Å². The smallest absolute Gasteiger partial charge is 0.0418 e. The minimum absolute atomic E-state index is 0.288. The van der Waals surface area contributed by atoms with Gasteiger partial charge in [0.2, 0.25) is 0 Å². The van der Waals surface area contributed by atoms with Gasteiger partial charge in [-0.2, -0.15) is 0 Å². The van der Waals surface area contributed by atoms with Crippen LogP contribution in [0, 0.1) is 6.92 Å². The SMILES string of the molecule is Cc1cc2c(n1C1(C)CC1)CCCC2N. The second-order valence-corrected chi connectivity index (χ2v) is 5.52. The Morgan fingerprint density at radius 3 is 2.87 bits per heavy atom. The number of nitrogens with zero attached hydrogens (tertiary/aromatic N) is 1. The molecule has 0 saturated heterocycles. The van der Waals surface area contributed by atoms with Gasteiger partial charge in [0.15, 0.2) is 0 Å². The lowest BCUT2D eigenvalue weighted by Gasteiger charge is -2.24. The van der Waals surface area contributed by atoms with E-state index in [0.717, 1.165) is 6.42 Å². The van der Waals surface area contributed by atoms with E-state index < -0.39 is 0 Å². The van der Waals surface area contributed by atoms with E-state index in [1.165, 1.54) is 42.6 Å². The van der Waals surface area contributed by atoms with Crippen molar-refractivity contribution in [2.24, 2.45) is 5.73 Å². The van der Waals surface area contributed by atoms with Gasteiger partial charge in [-0.25, -0.2) is 0 Å². The van der Waals surface area contributed by atoms with Crippen LogP contribution in [0.1, 0.15) is 55.6 Å². The standard InChI is InChI=1S/C13H20N2/c1-9-8-10-11(14)4-3-5-12(10)15(9)13(2)6-7-13/h8,11H,3-7,14H2,1-2H3. The molecule has 2 aliphatic carbocycles. The number of hydrogen-bond acceptors (Lipinski definition) is 1. The largest absolute Gasteiger partial charge is 0.343 e. The molecule has 0 bridgehead atoms. The summed E-state index contributed by atoms with van der Waals surface area (Å²) >= 11 is 0. The maximum absolute atomic E-state index is 6.18. The first-order chi connectivity index (χ1) is 7.12. The molecule has 15 heavy (non-hydrogen) atoms. The van der Waals surface area contributed by atoms with Crippen molar-refractivity contribution >= 4 is 0 Å². The molecule has 1 heterocycles. The van der Waals surface area contributed by atoms with Gasteiger partial charge in [-0.15, -0.1) is 0 Å². The monoisotopic (exact) mass is 204 g/mol. The van der Waals surface area contributed by atoms with Crippen molar-refractivity contribution in [2.75, 3.05) is 0 Å². The van der Waals surface area contributed by atoms with Gasteiger partial charge in [-0.05, 0) is 57.6 Å². The number of aromatic nitrogens is 1. The van der Waals surface area contributed by atoms with Crippen molar-refractivity contribution < 1.29 is 0 Å². The molecule has 1 atom stereocenters. The molecule has 3 rings (SSSR count). The quantitative estimate of drug-likeness (QED) is 0.749. The molecule has 1 aromatic heterocycles. The third-order valence-corrected chi connectivity index (χ3v) is 4.16. The fraction of sp³-hybridized carbons (Fsp3) is 0.692. The van der Waals surface area contributed by atoms with Crippen LogP contribution in [0.2, 0.25) is 0 Å². The van der Waals surface area contributed by atoms with Gasteiger partial charge in [-0.3, -0.25) is 0 Å². The molecule has 1 saturated carbocycles. The first-order valence-corrected chi connectivity index (χ1v) is 6.09. The summed E-state index contributed by atoms with van der Waals surface area (Å²) in [7, 11) is 0. The molecule has 0 spiro atoms. The molecule has 1 unspecified atom stereocenters. The molecule has 2 N–H and O–H groups in total. The van der Waals surface area contributed by atoms with Crippen molar-refractivity contribution in [1.82, 2.24) is 4.57 Å². The number of hydrogen-bond donors (Lipinski definition) is 1. The lowest BCUT2D eigenvalue weighted by molar-refractivity contribution is 0.472. The maximum atomic E-state index is 6.18. The van der Waals surface area contributed by atoms with E-state index in [-0.39, 0.29) is 6.04 Å². The normalized spacial score (nSPS) is 27.5. The number of rotatable bonds is 1. The van der Waals surface area contributed by atoms with E-state index in [2.05, 4.69) is 24.5 Å². The fourth-order valence-electron chi connectivity index (χ4n) is 3.09. The predicted octanol–water partition coefficient (Wildman–Crippen LogP) is 2.64. The fourth-order valence-corrected chi connectivity index (χ4v) is 3.09. The van der Waals surface area contributed by atoms with Gasteiger partial charge in [0.1, 0.15) is 0 Å². The van der Waals surface area contributed by atoms with Gasteiger partial charge < -0.3 is 10.3 Å². The van der Waals surface area contributed by atoms with E-state index in [0.29, 0.717) is 5.54 Å². The molecule has 2 nitrogen and oxygen atoms in total. The van der Waals surface area contributed by atoms with E-state index in [9.17, 15) is 0 Å².